The van der Waals surface area contributed by atoms with E-state index in [9.17, 15) is 9.59 Å². The van der Waals surface area contributed by atoms with Gasteiger partial charge in [0.15, 0.2) is 6.10 Å². The molecular formula is C20H29N3O3. The number of nitrogens with zero attached hydrogens (tertiary/aromatic N) is 1. The minimum atomic E-state index is -0.726. The maximum absolute atomic E-state index is 12.9. The molecule has 0 radical (unpaired) electrons. The van der Waals surface area contributed by atoms with Gasteiger partial charge in [-0.25, -0.2) is 0 Å². The van der Waals surface area contributed by atoms with E-state index in [4.69, 9.17) is 4.74 Å². The Bertz CT molecular complexity index is 626. The van der Waals surface area contributed by atoms with Crippen LogP contribution in [0.15, 0.2) is 30.3 Å². The van der Waals surface area contributed by atoms with Gasteiger partial charge >= 0.3 is 0 Å². The molecule has 2 unspecified atom stereocenters. The van der Waals surface area contributed by atoms with E-state index in [0.717, 1.165) is 25.2 Å². The normalized spacial score (nSPS) is 24.8. The Morgan fingerprint density at radius 1 is 1.23 bits per heavy atom. The second-order valence-corrected chi connectivity index (χ2v) is 7.90. The van der Waals surface area contributed by atoms with E-state index in [1.807, 2.05) is 44.2 Å². The summed E-state index contributed by atoms with van der Waals surface area (Å²) in [5.41, 5.74) is 0.509. The van der Waals surface area contributed by atoms with Crippen LogP contribution in [-0.4, -0.2) is 54.6 Å². The van der Waals surface area contributed by atoms with E-state index in [1.165, 1.54) is 19.3 Å². The Labute approximate surface area is 155 Å². The quantitative estimate of drug-likeness (QED) is 0.838. The van der Waals surface area contributed by atoms with Crippen LogP contribution in [0.3, 0.4) is 0 Å². The molecule has 2 heterocycles. The zero-order valence-corrected chi connectivity index (χ0v) is 15.7. The average Bonchev–Trinajstić information content (AvgIpc) is 2.62. The zero-order chi connectivity index (χ0) is 18.6. The van der Waals surface area contributed by atoms with Gasteiger partial charge in [0.2, 0.25) is 5.91 Å². The minimum absolute atomic E-state index is 0.0893. The molecule has 0 aliphatic carbocycles. The summed E-state index contributed by atoms with van der Waals surface area (Å²) in [5, 5.41) is 6.03. The largest absolute Gasteiger partial charge is 0.356 e. The number of nitrogens with one attached hydrogen (secondary N) is 2. The number of likely N-dealkylation sites (tertiary alicyclic amines) is 1. The van der Waals surface area contributed by atoms with Crippen LogP contribution in [0, 0.1) is 0 Å². The number of piperidine rings is 1. The van der Waals surface area contributed by atoms with Crippen molar-refractivity contribution in [2.45, 2.75) is 50.8 Å². The van der Waals surface area contributed by atoms with Crippen LogP contribution >= 0.6 is 0 Å². The molecule has 1 aromatic rings. The minimum Gasteiger partial charge on any atom is -0.356 e. The van der Waals surface area contributed by atoms with Crippen molar-refractivity contribution in [3.8, 4) is 0 Å². The second kappa shape index (κ2) is 8.18. The molecule has 2 aliphatic rings. The molecule has 2 N–H and O–H groups in total. The summed E-state index contributed by atoms with van der Waals surface area (Å²) < 4.78 is 5.62. The molecule has 0 spiro atoms. The number of carbonyl (C=O) groups excluding carboxylic acids is 2. The predicted molar refractivity (Wildman–Crippen MR) is 99.6 cm³/mol. The number of rotatable bonds is 5. The number of hydrogen-bond acceptors (Lipinski definition) is 4. The summed E-state index contributed by atoms with van der Waals surface area (Å²) in [6, 6.07) is 9.03. The molecule has 2 saturated heterocycles. The Hall–Kier alpha value is -1.92. The number of morpholine rings is 1. The number of amides is 2. The lowest BCUT2D eigenvalue weighted by Gasteiger charge is -2.38. The van der Waals surface area contributed by atoms with Gasteiger partial charge in [0.05, 0.1) is 6.04 Å². The Morgan fingerprint density at radius 2 is 1.92 bits per heavy atom. The smallest absolute Gasteiger partial charge is 0.252 e. The molecule has 142 valence electrons. The molecule has 2 aliphatic heterocycles. The van der Waals surface area contributed by atoms with Crippen LogP contribution < -0.4 is 10.6 Å². The van der Waals surface area contributed by atoms with E-state index in [2.05, 4.69) is 15.5 Å². The third-order valence-corrected chi connectivity index (χ3v) is 4.96. The lowest BCUT2D eigenvalue weighted by Crippen LogP contribution is -2.58. The van der Waals surface area contributed by atoms with Crippen LogP contribution in [0.25, 0.3) is 0 Å². The van der Waals surface area contributed by atoms with E-state index in [0.29, 0.717) is 0 Å². The van der Waals surface area contributed by atoms with Crippen molar-refractivity contribution in [1.29, 1.82) is 0 Å². The van der Waals surface area contributed by atoms with Crippen molar-refractivity contribution in [2.75, 3.05) is 26.2 Å². The van der Waals surface area contributed by atoms with Gasteiger partial charge in [0.25, 0.3) is 5.91 Å². The predicted octanol–water partition coefficient (Wildman–Crippen LogP) is 1.62. The Balaban J connectivity index is 1.67. The van der Waals surface area contributed by atoms with Gasteiger partial charge in [-0.2, -0.15) is 0 Å². The maximum atomic E-state index is 12.9. The van der Waals surface area contributed by atoms with E-state index in [-0.39, 0.29) is 24.0 Å². The highest BCUT2D eigenvalue weighted by Crippen LogP contribution is 2.23. The highest BCUT2D eigenvalue weighted by molar-refractivity contribution is 5.86. The van der Waals surface area contributed by atoms with Crippen LogP contribution in [0.1, 0.15) is 44.7 Å². The monoisotopic (exact) mass is 359 g/mol. The van der Waals surface area contributed by atoms with Crippen molar-refractivity contribution < 1.29 is 14.3 Å². The molecule has 0 aromatic heterocycles. The van der Waals surface area contributed by atoms with Crippen LogP contribution in [0.4, 0.5) is 0 Å². The number of ether oxygens (including phenoxy) is 1. The lowest BCUT2D eigenvalue weighted by molar-refractivity contribution is -0.149. The molecule has 0 bridgehead atoms. The van der Waals surface area contributed by atoms with Gasteiger partial charge in [-0.15, -0.1) is 0 Å². The highest BCUT2D eigenvalue weighted by Gasteiger charge is 2.38. The standard InChI is InChI=1S/C20H29N3O3/c1-20(2,14-23-11-7-4-8-12-23)22-19(25)18-17(21-16(24)13-26-18)15-9-5-3-6-10-15/h3,5-6,9-10,17-18H,4,7-8,11-14H2,1-2H3,(H,21,24)(H,22,25). The number of carbonyl (C=O) groups is 2. The average molecular weight is 359 g/mol. The molecule has 6 heteroatoms. The van der Waals surface area contributed by atoms with Crippen molar-refractivity contribution >= 4 is 11.8 Å². The van der Waals surface area contributed by atoms with E-state index < -0.39 is 12.1 Å². The van der Waals surface area contributed by atoms with Gasteiger partial charge in [-0.3, -0.25) is 9.59 Å². The Kier molecular flexibility index (Phi) is 5.94. The molecule has 2 fully saturated rings. The maximum Gasteiger partial charge on any atom is 0.252 e. The van der Waals surface area contributed by atoms with Gasteiger partial charge < -0.3 is 20.3 Å². The Morgan fingerprint density at radius 3 is 2.62 bits per heavy atom. The summed E-state index contributed by atoms with van der Waals surface area (Å²) in [5.74, 6) is -0.378. The molecule has 1 aromatic carbocycles. The molecule has 0 saturated carbocycles. The zero-order valence-electron chi connectivity index (χ0n) is 15.7. The molecule has 3 rings (SSSR count). The molecule has 26 heavy (non-hydrogen) atoms. The van der Waals surface area contributed by atoms with Crippen LogP contribution in [0.5, 0.6) is 0 Å². The topological polar surface area (TPSA) is 70.7 Å². The SMILES string of the molecule is CC(C)(CN1CCCCC1)NC(=O)C1OCC(=O)NC1c1ccccc1. The van der Waals surface area contributed by atoms with Gasteiger partial charge in [0.1, 0.15) is 6.61 Å². The fraction of sp³-hybridized carbons (Fsp3) is 0.600. The van der Waals surface area contributed by atoms with Crippen molar-refractivity contribution in [3.05, 3.63) is 35.9 Å². The van der Waals surface area contributed by atoms with Gasteiger partial charge in [-0.05, 0) is 45.3 Å². The van der Waals surface area contributed by atoms with Crippen molar-refractivity contribution in [2.24, 2.45) is 0 Å². The lowest BCUT2D eigenvalue weighted by atomic mass is 9.97. The molecule has 2 amide bonds. The third-order valence-electron chi connectivity index (χ3n) is 4.96. The number of benzene rings is 1. The van der Waals surface area contributed by atoms with Crippen molar-refractivity contribution in [1.82, 2.24) is 15.5 Å². The molecule has 2 atom stereocenters. The van der Waals surface area contributed by atoms with Gasteiger partial charge in [-0.1, -0.05) is 36.8 Å². The van der Waals surface area contributed by atoms with Crippen LogP contribution in [-0.2, 0) is 14.3 Å². The summed E-state index contributed by atoms with van der Waals surface area (Å²) in [4.78, 5) is 27.1. The first kappa shape index (κ1) is 18.9. The third kappa shape index (κ3) is 4.83. The summed E-state index contributed by atoms with van der Waals surface area (Å²) in [7, 11) is 0. The molecule has 6 nitrogen and oxygen atoms in total. The number of hydrogen-bond donors (Lipinski definition) is 2. The fourth-order valence-electron chi connectivity index (χ4n) is 3.82. The summed E-state index contributed by atoms with van der Waals surface area (Å²) in [6.45, 7) is 6.97. The molecular weight excluding hydrogens is 330 g/mol. The van der Waals surface area contributed by atoms with Crippen LogP contribution in [0.2, 0.25) is 0 Å². The highest BCUT2D eigenvalue weighted by atomic mass is 16.5. The fourth-order valence-corrected chi connectivity index (χ4v) is 3.82. The first-order chi connectivity index (χ1) is 12.4. The van der Waals surface area contributed by atoms with E-state index >= 15 is 0 Å². The summed E-state index contributed by atoms with van der Waals surface area (Å²) >= 11 is 0. The summed E-state index contributed by atoms with van der Waals surface area (Å²) in [6.07, 6.45) is 3.00. The van der Waals surface area contributed by atoms with Gasteiger partial charge in [0, 0.05) is 12.1 Å². The first-order valence-electron chi connectivity index (χ1n) is 9.45. The first-order valence-corrected chi connectivity index (χ1v) is 9.45. The van der Waals surface area contributed by atoms with Crippen molar-refractivity contribution in [3.63, 3.8) is 0 Å². The van der Waals surface area contributed by atoms with E-state index in [1.54, 1.807) is 0 Å². The second-order valence-electron chi connectivity index (χ2n) is 7.90.